The average Bonchev–Trinajstić information content (AvgIpc) is 3.19. The summed E-state index contributed by atoms with van der Waals surface area (Å²) >= 11 is 0. The zero-order valence-corrected chi connectivity index (χ0v) is 12.2. The molecule has 0 aromatic carbocycles. The molecule has 1 aromatic heterocycles. The van der Waals surface area contributed by atoms with Crippen molar-refractivity contribution < 1.29 is 9.53 Å². The third-order valence-corrected chi connectivity index (χ3v) is 3.23. The first-order valence-electron chi connectivity index (χ1n) is 7.04. The molecule has 1 aliphatic carbocycles. The lowest BCUT2D eigenvalue weighted by Gasteiger charge is -2.26. The highest BCUT2D eigenvalue weighted by Crippen LogP contribution is 2.37. The van der Waals surface area contributed by atoms with Gasteiger partial charge in [-0.15, -0.1) is 0 Å². The van der Waals surface area contributed by atoms with E-state index < -0.39 is 0 Å². The number of rotatable bonds is 6. The molecule has 0 unspecified atom stereocenters. The molecule has 0 bridgehead atoms. The molecular formula is C14H21N3O3. The normalized spacial score (nSPS) is 14.4. The number of ether oxygens (including phenoxy) is 1. The van der Waals surface area contributed by atoms with E-state index in [-0.39, 0.29) is 24.1 Å². The molecule has 6 nitrogen and oxygen atoms in total. The van der Waals surface area contributed by atoms with Gasteiger partial charge in [0.1, 0.15) is 18.2 Å². The minimum atomic E-state index is -0.309. The van der Waals surface area contributed by atoms with Crippen molar-refractivity contribution in [3.8, 4) is 0 Å². The van der Waals surface area contributed by atoms with Crippen molar-refractivity contribution in [1.82, 2.24) is 9.97 Å². The topological polar surface area (TPSA) is 75.3 Å². The van der Waals surface area contributed by atoms with Gasteiger partial charge in [0.25, 0.3) is 5.56 Å². The van der Waals surface area contributed by atoms with Crippen LogP contribution in [0.4, 0.5) is 5.82 Å². The highest BCUT2D eigenvalue weighted by atomic mass is 16.5. The summed E-state index contributed by atoms with van der Waals surface area (Å²) in [5, 5.41) is 0. The van der Waals surface area contributed by atoms with Gasteiger partial charge in [-0.3, -0.25) is 9.59 Å². The fourth-order valence-electron chi connectivity index (χ4n) is 2.03. The van der Waals surface area contributed by atoms with Crippen LogP contribution in [0.3, 0.4) is 0 Å². The lowest BCUT2D eigenvalue weighted by Crippen LogP contribution is -2.38. The number of carbonyl (C=O) groups is 1. The lowest BCUT2D eigenvalue weighted by molar-refractivity contribution is -0.141. The fourth-order valence-corrected chi connectivity index (χ4v) is 2.03. The summed E-state index contributed by atoms with van der Waals surface area (Å²) in [5.41, 5.74) is -0.175. The number of esters is 1. The first-order valence-corrected chi connectivity index (χ1v) is 7.04. The third kappa shape index (κ3) is 3.59. The molecule has 0 radical (unpaired) electrons. The van der Waals surface area contributed by atoms with Crippen LogP contribution >= 0.6 is 0 Å². The molecule has 0 amide bonds. The Morgan fingerprint density at radius 2 is 2.25 bits per heavy atom. The Hall–Kier alpha value is -1.85. The summed E-state index contributed by atoms with van der Waals surface area (Å²) in [6, 6.07) is 1.49. The first kappa shape index (κ1) is 14.6. The van der Waals surface area contributed by atoms with Gasteiger partial charge in [-0.2, -0.15) is 0 Å². The van der Waals surface area contributed by atoms with Crippen LogP contribution in [0.25, 0.3) is 0 Å². The second kappa shape index (κ2) is 6.07. The van der Waals surface area contributed by atoms with E-state index in [1.165, 1.54) is 6.07 Å². The summed E-state index contributed by atoms with van der Waals surface area (Å²) in [4.78, 5) is 32.5. The predicted molar refractivity (Wildman–Crippen MR) is 75.9 cm³/mol. The summed E-state index contributed by atoms with van der Waals surface area (Å²) in [5.74, 6) is 1.32. The van der Waals surface area contributed by atoms with Crippen molar-refractivity contribution in [1.29, 1.82) is 0 Å². The number of hydrogen-bond donors (Lipinski definition) is 1. The van der Waals surface area contributed by atoms with Crippen LogP contribution in [-0.4, -0.2) is 35.1 Å². The maximum Gasteiger partial charge on any atom is 0.325 e. The minimum Gasteiger partial charge on any atom is -0.465 e. The number of aromatic amines is 1. The number of hydrogen-bond acceptors (Lipinski definition) is 5. The van der Waals surface area contributed by atoms with E-state index >= 15 is 0 Å². The van der Waals surface area contributed by atoms with Gasteiger partial charge in [0.05, 0.1) is 6.61 Å². The fraction of sp³-hybridized carbons (Fsp3) is 0.643. The zero-order valence-electron chi connectivity index (χ0n) is 12.2. The number of H-pyrrole nitrogens is 1. The predicted octanol–water partition coefficient (Wildman–Crippen LogP) is 1.43. The van der Waals surface area contributed by atoms with E-state index in [0.717, 1.165) is 18.7 Å². The van der Waals surface area contributed by atoms with Crippen LogP contribution < -0.4 is 10.5 Å². The third-order valence-electron chi connectivity index (χ3n) is 3.23. The van der Waals surface area contributed by atoms with Gasteiger partial charge in [0.15, 0.2) is 0 Å². The Morgan fingerprint density at radius 3 is 2.80 bits per heavy atom. The molecule has 0 atom stereocenters. The van der Waals surface area contributed by atoms with Crippen LogP contribution in [0.2, 0.25) is 0 Å². The van der Waals surface area contributed by atoms with Crippen LogP contribution in [0.5, 0.6) is 0 Å². The van der Waals surface area contributed by atoms with E-state index in [1.807, 2.05) is 13.8 Å². The molecule has 0 aliphatic heterocycles. The van der Waals surface area contributed by atoms with Gasteiger partial charge in [-0.05, 0) is 33.6 Å². The average molecular weight is 279 g/mol. The number of aromatic nitrogens is 2. The number of carbonyl (C=O) groups excluding carboxylic acids is 1. The molecule has 6 heteroatoms. The largest absolute Gasteiger partial charge is 0.465 e. The standard InChI is InChI=1S/C14H21N3O3/c1-4-20-13(19)8-17(9(2)3)11-7-12(18)16-14(15-11)10-5-6-10/h7,9-10H,4-6,8H2,1-3H3,(H,15,16,18). The Morgan fingerprint density at radius 1 is 1.55 bits per heavy atom. The van der Waals surface area contributed by atoms with Gasteiger partial charge in [-0.1, -0.05) is 0 Å². The maximum atomic E-state index is 11.7. The van der Waals surface area contributed by atoms with E-state index in [1.54, 1.807) is 11.8 Å². The highest BCUT2D eigenvalue weighted by molar-refractivity contribution is 5.75. The molecule has 0 saturated heterocycles. The van der Waals surface area contributed by atoms with E-state index in [0.29, 0.717) is 18.3 Å². The second-order valence-corrected chi connectivity index (χ2v) is 5.29. The van der Waals surface area contributed by atoms with Crippen LogP contribution in [0, 0.1) is 0 Å². The van der Waals surface area contributed by atoms with Crippen molar-refractivity contribution in [2.75, 3.05) is 18.1 Å². The van der Waals surface area contributed by atoms with Crippen molar-refractivity contribution >= 4 is 11.8 Å². The Kier molecular flexibility index (Phi) is 4.42. The summed E-state index contributed by atoms with van der Waals surface area (Å²) in [6.45, 7) is 6.14. The van der Waals surface area contributed by atoms with E-state index in [9.17, 15) is 9.59 Å². The van der Waals surface area contributed by atoms with Crippen LogP contribution in [0.1, 0.15) is 45.4 Å². The van der Waals surface area contributed by atoms with Crippen LogP contribution in [0.15, 0.2) is 10.9 Å². The maximum absolute atomic E-state index is 11.7. The lowest BCUT2D eigenvalue weighted by atomic mass is 10.3. The van der Waals surface area contributed by atoms with Crippen molar-refractivity contribution in [2.24, 2.45) is 0 Å². The second-order valence-electron chi connectivity index (χ2n) is 5.29. The monoisotopic (exact) mass is 279 g/mol. The molecule has 1 aliphatic rings. The quantitative estimate of drug-likeness (QED) is 0.797. The van der Waals surface area contributed by atoms with Gasteiger partial charge in [-0.25, -0.2) is 4.98 Å². The van der Waals surface area contributed by atoms with Crippen molar-refractivity contribution in [3.63, 3.8) is 0 Å². The van der Waals surface area contributed by atoms with Gasteiger partial charge in [0, 0.05) is 18.0 Å². The van der Waals surface area contributed by atoms with Gasteiger partial charge < -0.3 is 14.6 Å². The molecule has 1 fully saturated rings. The number of anilines is 1. The number of nitrogens with one attached hydrogen (secondary N) is 1. The highest BCUT2D eigenvalue weighted by Gasteiger charge is 2.27. The van der Waals surface area contributed by atoms with Gasteiger partial charge >= 0.3 is 5.97 Å². The van der Waals surface area contributed by atoms with E-state index in [4.69, 9.17) is 4.74 Å². The summed E-state index contributed by atoms with van der Waals surface area (Å²) < 4.78 is 4.97. The van der Waals surface area contributed by atoms with Crippen molar-refractivity contribution in [2.45, 2.75) is 45.6 Å². The SMILES string of the molecule is CCOC(=O)CN(c1cc(=O)[nH]c(C2CC2)n1)C(C)C. The molecular weight excluding hydrogens is 258 g/mol. The minimum absolute atomic E-state index is 0.0563. The summed E-state index contributed by atoms with van der Waals surface area (Å²) in [7, 11) is 0. The molecule has 1 N–H and O–H groups in total. The molecule has 1 heterocycles. The summed E-state index contributed by atoms with van der Waals surface area (Å²) in [6.07, 6.45) is 2.12. The molecule has 1 aromatic rings. The van der Waals surface area contributed by atoms with Crippen LogP contribution in [-0.2, 0) is 9.53 Å². The van der Waals surface area contributed by atoms with Gasteiger partial charge in [0.2, 0.25) is 0 Å². The molecule has 0 spiro atoms. The smallest absolute Gasteiger partial charge is 0.325 e. The molecule has 20 heavy (non-hydrogen) atoms. The van der Waals surface area contributed by atoms with E-state index in [2.05, 4.69) is 9.97 Å². The molecule has 1 saturated carbocycles. The first-order chi connectivity index (χ1) is 9.51. The Balaban J connectivity index is 2.24. The zero-order chi connectivity index (χ0) is 14.7. The molecule has 110 valence electrons. The number of nitrogens with zero attached hydrogens (tertiary/aromatic N) is 2. The molecule has 2 rings (SSSR count). The van der Waals surface area contributed by atoms with Crippen molar-refractivity contribution in [3.05, 3.63) is 22.2 Å². The Labute approximate surface area is 118 Å². The Bertz CT molecular complexity index is 535.